The van der Waals surface area contributed by atoms with Crippen LogP contribution in [0, 0.1) is 5.82 Å². The Bertz CT molecular complexity index is 590. The van der Waals surface area contributed by atoms with Gasteiger partial charge in [0.25, 0.3) is 0 Å². The topological polar surface area (TPSA) is 44.5 Å². The summed E-state index contributed by atoms with van der Waals surface area (Å²) in [6.07, 6.45) is 0. The van der Waals surface area contributed by atoms with E-state index in [1.165, 1.54) is 18.2 Å². The van der Waals surface area contributed by atoms with E-state index in [2.05, 4.69) is 0 Å². The number of rotatable bonds is 4. The van der Waals surface area contributed by atoms with Gasteiger partial charge in [-0.3, -0.25) is 0 Å². The minimum absolute atomic E-state index is 0.0294. The van der Waals surface area contributed by atoms with Crippen molar-refractivity contribution in [3.05, 3.63) is 52.8 Å². The summed E-state index contributed by atoms with van der Waals surface area (Å²) < 4.78 is 23.8. The lowest BCUT2D eigenvalue weighted by Crippen LogP contribution is -2.00. The predicted octanol–water partition coefficient (Wildman–Crippen LogP) is 3.65. The molecule has 2 N–H and O–H groups in total. The fourth-order valence-electron chi connectivity index (χ4n) is 1.61. The molecule has 0 heterocycles. The van der Waals surface area contributed by atoms with Crippen LogP contribution >= 0.6 is 11.6 Å². The molecule has 0 unspecified atom stereocenters. The van der Waals surface area contributed by atoms with Crippen molar-refractivity contribution in [1.29, 1.82) is 0 Å². The summed E-state index contributed by atoms with van der Waals surface area (Å²) in [6, 6.07) is 9.51. The molecule has 0 amide bonds. The van der Waals surface area contributed by atoms with E-state index in [1.807, 2.05) is 6.07 Å². The second-order valence-electron chi connectivity index (χ2n) is 3.94. The molecule has 3 nitrogen and oxygen atoms in total. The van der Waals surface area contributed by atoms with Crippen LogP contribution in [0.4, 0.5) is 10.1 Å². The van der Waals surface area contributed by atoms with Crippen molar-refractivity contribution in [2.45, 2.75) is 6.61 Å². The second kappa shape index (κ2) is 5.80. The van der Waals surface area contributed by atoms with Gasteiger partial charge in [0, 0.05) is 23.4 Å². The smallest absolute Gasteiger partial charge is 0.142 e. The zero-order valence-electron chi connectivity index (χ0n) is 10.3. The summed E-state index contributed by atoms with van der Waals surface area (Å²) in [7, 11) is 1.56. The Labute approximate surface area is 115 Å². The van der Waals surface area contributed by atoms with E-state index < -0.39 is 5.82 Å². The van der Waals surface area contributed by atoms with E-state index in [-0.39, 0.29) is 11.6 Å². The average Bonchev–Trinajstić information content (AvgIpc) is 2.41. The summed E-state index contributed by atoms with van der Waals surface area (Å²) >= 11 is 5.68. The Morgan fingerprint density at radius 3 is 2.68 bits per heavy atom. The van der Waals surface area contributed by atoms with Gasteiger partial charge >= 0.3 is 0 Å². The zero-order chi connectivity index (χ0) is 13.8. The highest BCUT2D eigenvalue weighted by Gasteiger charge is 2.06. The van der Waals surface area contributed by atoms with E-state index in [4.69, 9.17) is 26.8 Å². The van der Waals surface area contributed by atoms with Crippen molar-refractivity contribution >= 4 is 17.3 Å². The molecule has 2 aromatic rings. The summed E-state index contributed by atoms with van der Waals surface area (Å²) in [6.45, 7) is 0.283. The molecule has 100 valence electrons. The quantitative estimate of drug-likeness (QED) is 0.870. The molecular formula is C14H13ClFNO2. The number of nitrogens with two attached hydrogens (primary N) is 1. The predicted molar refractivity (Wildman–Crippen MR) is 73.1 cm³/mol. The molecule has 5 heteroatoms. The van der Waals surface area contributed by atoms with Gasteiger partial charge in [0.2, 0.25) is 0 Å². The highest BCUT2D eigenvalue weighted by atomic mass is 35.5. The van der Waals surface area contributed by atoms with Crippen molar-refractivity contribution in [3.63, 3.8) is 0 Å². The number of halogens is 2. The normalized spacial score (nSPS) is 10.3. The Morgan fingerprint density at radius 1 is 1.21 bits per heavy atom. The van der Waals surface area contributed by atoms with Crippen LogP contribution in [0.5, 0.6) is 11.5 Å². The zero-order valence-corrected chi connectivity index (χ0v) is 11.1. The lowest BCUT2D eigenvalue weighted by atomic mass is 10.2. The molecule has 0 saturated carbocycles. The first-order valence-electron chi connectivity index (χ1n) is 5.60. The monoisotopic (exact) mass is 281 g/mol. The van der Waals surface area contributed by atoms with Crippen LogP contribution < -0.4 is 15.2 Å². The standard InChI is InChI=1S/C14H13ClFNO2/c1-18-14-6-10(17)3-2-9(14)8-19-11-4-5-13(16)12(15)7-11/h2-7H,8,17H2,1H3. The minimum Gasteiger partial charge on any atom is -0.496 e. The third kappa shape index (κ3) is 3.29. The molecule has 2 aromatic carbocycles. The molecule has 0 aliphatic heterocycles. The van der Waals surface area contributed by atoms with Gasteiger partial charge < -0.3 is 15.2 Å². The van der Waals surface area contributed by atoms with Gasteiger partial charge in [0.1, 0.15) is 23.9 Å². The van der Waals surface area contributed by atoms with E-state index in [1.54, 1.807) is 19.2 Å². The maximum atomic E-state index is 13.0. The summed E-state index contributed by atoms with van der Waals surface area (Å²) in [5, 5.41) is 0.0294. The first kappa shape index (κ1) is 13.5. The van der Waals surface area contributed by atoms with E-state index in [9.17, 15) is 4.39 Å². The molecule has 0 atom stereocenters. The Morgan fingerprint density at radius 2 is 2.00 bits per heavy atom. The summed E-state index contributed by atoms with van der Waals surface area (Å²) in [4.78, 5) is 0. The van der Waals surface area contributed by atoms with Crippen molar-refractivity contribution in [3.8, 4) is 11.5 Å². The van der Waals surface area contributed by atoms with E-state index in [0.717, 1.165) is 5.56 Å². The van der Waals surface area contributed by atoms with Gasteiger partial charge in [0.15, 0.2) is 0 Å². The lowest BCUT2D eigenvalue weighted by molar-refractivity contribution is 0.296. The molecule has 0 aliphatic rings. The van der Waals surface area contributed by atoms with Crippen molar-refractivity contribution in [2.75, 3.05) is 12.8 Å². The molecule has 0 aliphatic carbocycles. The Hall–Kier alpha value is -1.94. The molecule has 0 spiro atoms. The molecule has 0 fully saturated rings. The first-order valence-corrected chi connectivity index (χ1v) is 5.98. The van der Waals surface area contributed by atoms with Crippen molar-refractivity contribution in [1.82, 2.24) is 0 Å². The number of anilines is 1. The number of ether oxygens (including phenoxy) is 2. The van der Waals surface area contributed by atoms with Gasteiger partial charge in [-0.15, -0.1) is 0 Å². The summed E-state index contributed by atoms with van der Waals surface area (Å²) in [5.41, 5.74) is 7.13. The Kier molecular flexibility index (Phi) is 4.12. The van der Waals surface area contributed by atoms with E-state index >= 15 is 0 Å². The highest BCUT2D eigenvalue weighted by molar-refractivity contribution is 6.30. The van der Waals surface area contributed by atoms with Gasteiger partial charge in [-0.2, -0.15) is 0 Å². The number of benzene rings is 2. The molecule has 0 saturated heterocycles. The van der Waals surface area contributed by atoms with Crippen LogP contribution in [0.25, 0.3) is 0 Å². The molecule has 0 aromatic heterocycles. The number of hydrogen-bond donors (Lipinski definition) is 1. The van der Waals surface area contributed by atoms with Crippen molar-refractivity contribution in [2.24, 2.45) is 0 Å². The maximum absolute atomic E-state index is 13.0. The molecule has 2 rings (SSSR count). The number of hydrogen-bond acceptors (Lipinski definition) is 3. The number of methoxy groups -OCH3 is 1. The van der Waals surface area contributed by atoms with Gasteiger partial charge in [-0.05, 0) is 24.3 Å². The van der Waals surface area contributed by atoms with Gasteiger partial charge in [-0.25, -0.2) is 4.39 Å². The maximum Gasteiger partial charge on any atom is 0.142 e. The molecule has 0 radical (unpaired) electrons. The van der Waals surface area contributed by atoms with E-state index in [0.29, 0.717) is 17.2 Å². The second-order valence-corrected chi connectivity index (χ2v) is 4.34. The van der Waals surface area contributed by atoms with Crippen molar-refractivity contribution < 1.29 is 13.9 Å². The van der Waals surface area contributed by atoms with Gasteiger partial charge in [0.05, 0.1) is 12.1 Å². The number of nitrogen functional groups attached to an aromatic ring is 1. The van der Waals surface area contributed by atoms with Crippen LogP contribution in [-0.2, 0) is 6.61 Å². The molecule has 0 bridgehead atoms. The molecular weight excluding hydrogens is 269 g/mol. The fourth-order valence-corrected chi connectivity index (χ4v) is 1.78. The lowest BCUT2D eigenvalue weighted by Gasteiger charge is -2.11. The third-order valence-corrected chi connectivity index (χ3v) is 2.89. The third-order valence-electron chi connectivity index (χ3n) is 2.60. The van der Waals surface area contributed by atoms with Crippen LogP contribution in [0.15, 0.2) is 36.4 Å². The van der Waals surface area contributed by atoms with Gasteiger partial charge in [-0.1, -0.05) is 11.6 Å². The molecule has 19 heavy (non-hydrogen) atoms. The average molecular weight is 282 g/mol. The summed E-state index contributed by atoms with van der Waals surface area (Å²) in [5.74, 6) is 0.664. The SMILES string of the molecule is COc1cc(N)ccc1COc1ccc(F)c(Cl)c1. The Balaban J connectivity index is 2.12. The first-order chi connectivity index (χ1) is 9.10. The largest absolute Gasteiger partial charge is 0.496 e. The van der Waals surface area contributed by atoms with Crippen LogP contribution in [-0.4, -0.2) is 7.11 Å². The van der Waals surface area contributed by atoms with Crippen LogP contribution in [0.2, 0.25) is 5.02 Å². The van der Waals surface area contributed by atoms with Crippen LogP contribution in [0.1, 0.15) is 5.56 Å². The fraction of sp³-hybridized carbons (Fsp3) is 0.143. The van der Waals surface area contributed by atoms with Crippen LogP contribution in [0.3, 0.4) is 0 Å². The minimum atomic E-state index is -0.473. The highest BCUT2D eigenvalue weighted by Crippen LogP contribution is 2.25.